The predicted molar refractivity (Wildman–Crippen MR) is 101 cm³/mol. The Morgan fingerprint density at radius 1 is 1.32 bits per heavy atom. The summed E-state index contributed by atoms with van der Waals surface area (Å²) in [5.74, 6) is 1.03. The van der Waals surface area contributed by atoms with E-state index in [2.05, 4.69) is 29.6 Å². The van der Waals surface area contributed by atoms with E-state index in [9.17, 15) is 4.79 Å². The van der Waals surface area contributed by atoms with E-state index in [-0.39, 0.29) is 18.3 Å². The topological polar surface area (TPSA) is 68.2 Å². The van der Waals surface area contributed by atoms with Gasteiger partial charge in [0.1, 0.15) is 0 Å². The SMILES string of the molecule is CNC(=O)c1cccc(CNCc2c(C(C)C)nn(C)c2OC)c1.Cl. The molecule has 0 aliphatic heterocycles. The largest absolute Gasteiger partial charge is 0.481 e. The zero-order chi connectivity index (χ0) is 17.7. The first-order valence-electron chi connectivity index (χ1n) is 8.09. The van der Waals surface area contributed by atoms with Gasteiger partial charge in [-0.3, -0.25) is 4.79 Å². The number of hydrogen-bond acceptors (Lipinski definition) is 4. The van der Waals surface area contributed by atoms with Gasteiger partial charge >= 0.3 is 0 Å². The molecule has 25 heavy (non-hydrogen) atoms. The summed E-state index contributed by atoms with van der Waals surface area (Å²) in [6, 6.07) is 7.61. The van der Waals surface area contributed by atoms with Crippen LogP contribution in [0.1, 0.15) is 46.9 Å². The lowest BCUT2D eigenvalue weighted by Crippen LogP contribution is -2.19. The normalized spacial score (nSPS) is 10.5. The molecular weight excluding hydrogens is 340 g/mol. The molecule has 6 nitrogen and oxygen atoms in total. The minimum atomic E-state index is -0.0760. The summed E-state index contributed by atoms with van der Waals surface area (Å²) in [7, 11) is 5.19. The van der Waals surface area contributed by atoms with E-state index >= 15 is 0 Å². The van der Waals surface area contributed by atoms with Gasteiger partial charge in [0.15, 0.2) is 0 Å². The average Bonchev–Trinajstić information content (AvgIpc) is 2.90. The van der Waals surface area contributed by atoms with Gasteiger partial charge in [0.2, 0.25) is 5.88 Å². The van der Waals surface area contributed by atoms with Crippen molar-refractivity contribution in [3.8, 4) is 5.88 Å². The molecule has 0 unspecified atom stereocenters. The minimum Gasteiger partial charge on any atom is -0.481 e. The highest BCUT2D eigenvalue weighted by molar-refractivity contribution is 5.94. The lowest BCUT2D eigenvalue weighted by Gasteiger charge is -2.10. The smallest absolute Gasteiger partial charge is 0.251 e. The fraction of sp³-hybridized carbons (Fsp3) is 0.444. The van der Waals surface area contributed by atoms with Crippen molar-refractivity contribution in [1.29, 1.82) is 0 Å². The van der Waals surface area contributed by atoms with Crippen LogP contribution >= 0.6 is 12.4 Å². The molecule has 0 fully saturated rings. The van der Waals surface area contributed by atoms with Crippen LogP contribution in [0.25, 0.3) is 0 Å². The number of aromatic nitrogens is 2. The highest BCUT2D eigenvalue weighted by atomic mass is 35.5. The van der Waals surface area contributed by atoms with Crippen molar-refractivity contribution >= 4 is 18.3 Å². The fourth-order valence-electron chi connectivity index (χ4n) is 2.76. The molecule has 0 radical (unpaired) electrons. The van der Waals surface area contributed by atoms with Crippen molar-refractivity contribution in [2.45, 2.75) is 32.9 Å². The number of methoxy groups -OCH3 is 1. The summed E-state index contributed by atoms with van der Waals surface area (Å²) in [4.78, 5) is 11.7. The second kappa shape index (κ2) is 9.44. The van der Waals surface area contributed by atoms with Crippen molar-refractivity contribution in [3.05, 3.63) is 46.6 Å². The molecule has 138 valence electrons. The number of halogens is 1. The number of nitrogens with one attached hydrogen (secondary N) is 2. The van der Waals surface area contributed by atoms with E-state index in [1.54, 1.807) is 18.8 Å². The molecule has 0 saturated carbocycles. The average molecular weight is 367 g/mol. The summed E-state index contributed by atoms with van der Waals surface area (Å²) < 4.78 is 7.26. The highest BCUT2D eigenvalue weighted by Gasteiger charge is 2.18. The van der Waals surface area contributed by atoms with Crippen molar-refractivity contribution in [2.75, 3.05) is 14.2 Å². The molecule has 2 rings (SSSR count). The van der Waals surface area contributed by atoms with Crippen LogP contribution in [0.5, 0.6) is 5.88 Å². The molecular formula is C18H27ClN4O2. The van der Waals surface area contributed by atoms with E-state index in [0.29, 0.717) is 24.6 Å². The maximum atomic E-state index is 11.7. The van der Waals surface area contributed by atoms with Gasteiger partial charge in [-0.2, -0.15) is 5.10 Å². The lowest BCUT2D eigenvalue weighted by atomic mass is 10.1. The first-order valence-corrected chi connectivity index (χ1v) is 8.09. The first-order chi connectivity index (χ1) is 11.5. The van der Waals surface area contributed by atoms with Crippen LogP contribution in [0, 0.1) is 0 Å². The van der Waals surface area contributed by atoms with Gasteiger partial charge in [0, 0.05) is 32.7 Å². The van der Waals surface area contributed by atoms with Gasteiger partial charge in [-0.25, -0.2) is 4.68 Å². The van der Waals surface area contributed by atoms with Crippen molar-refractivity contribution in [3.63, 3.8) is 0 Å². The van der Waals surface area contributed by atoms with Crippen molar-refractivity contribution in [2.24, 2.45) is 7.05 Å². The molecule has 0 aliphatic rings. The standard InChI is InChI=1S/C18H26N4O2.ClH/c1-12(2)16-15(18(24-5)22(4)21-16)11-20-10-13-7-6-8-14(9-13)17(23)19-3;/h6-9,12,20H,10-11H2,1-5H3,(H,19,23);1H. The Morgan fingerprint density at radius 2 is 2.04 bits per heavy atom. The molecule has 1 aromatic heterocycles. The molecule has 7 heteroatoms. The summed E-state index contributed by atoms with van der Waals surface area (Å²) in [5.41, 5.74) is 3.85. The number of benzene rings is 1. The fourth-order valence-corrected chi connectivity index (χ4v) is 2.76. The maximum absolute atomic E-state index is 11.7. The molecule has 2 N–H and O–H groups in total. The zero-order valence-electron chi connectivity index (χ0n) is 15.4. The van der Waals surface area contributed by atoms with Gasteiger partial charge in [-0.1, -0.05) is 26.0 Å². The van der Waals surface area contributed by atoms with Crippen LogP contribution in [-0.4, -0.2) is 29.8 Å². The van der Waals surface area contributed by atoms with E-state index in [1.807, 2.05) is 31.3 Å². The van der Waals surface area contributed by atoms with Crippen LogP contribution in [0.15, 0.2) is 24.3 Å². The van der Waals surface area contributed by atoms with Gasteiger partial charge in [-0.15, -0.1) is 12.4 Å². The Morgan fingerprint density at radius 3 is 2.64 bits per heavy atom. The van der Waals surface area contributed by atoms with E-state index in [1.165, 1.54) is 0 Å². The third kappa shape index (κ3) is 4.96. The molecule has 0 bridgehead atoms. The van der Waals surface area contributed by atoms with Gasteiger partial charge in [0.25, 0.3) is 5.91 Å². The Hall–Kier alpha value is -2.05. The molecule has 2 aromatic rings. The quantitative estimate of drug-likeness (QED) is 0.790. The van der Waals surface area contributed by atoms with Crippen LogP contribution in [-0.2, 0) is 20.1 Å². The Kier molecular flexibility index (Phi) is 7.93. The van der Waals surface area contributed by atoms with Crippen LogP contribution < -0.4 is 15.4 Å². The molecule has 0 atom stereocenters. The Balaban J connectivity index is 0.00000312. The van der Waals surface area contributed by atoms with Gasteiger partial charge < -0.3 is 15.4 Å². The molecule has 0 spiro atoms. The van der Waals surface area contributed by atoms with Crippen molar-refractivity contribution in [1.82, 2.24) is 20.4 Å². The number of amides is 1. The first kappa shape index (κ1) is 21.0. The molecule has 0 aliphatic carbocycles. The summed E-state index contributed by atoms with van der Waals surface area (Å²) in [5, 5.41) is 10.6. The number of carbonyl (C=O) groups is 1. The number of carbonyl (C=O) groups excluding carboxylic acids is 1. The van der Waals surface area contributed by atoms with Gasteiger partial charge in [0.05, 0.1) is 18.4 Å². The van der Waals surface area contributed by atoms with E-state index < -0.39 is 0 Å². The number of ether oxygens (including phenoxy) is 1. The minimum absolute atomic E-state index is 0. The third-order valence-electron chi connectivity index (χ3n) is 3.91. The second-order valence-electron chi connectivity index (χ2n) is 6.03. The highest BCUT2D eigenvalue weighted by Crippen LogP contribution is 2.26. The monoisotopic (exact) mass is 366 g/mol. The maximum Gasteiger partial charge on any atom is 0.251 e. The van der Waals surface area contributed by atoms with E-state index in [0.717, 1.165) is 22.7 Å². The number of nitrogens with zero attached hydrogens (tertiary/aromatic N) is 2. The predicted octanol–water partition coefficient (Wildman–Crippen LogP) is 2.62. The van der Waals surface area contributed by atoms with Crippen LogP contribution in [0.3, 0.4) is 0 Å². The number of aryl methyl sites for hydroxylation is 1. The molecule has 0 saturated heterocycles. The lowest BCUT2D eigenvalue weighted by molar-refractivity contribution is 0.0963. The zero-order valence-corrected chi connectivity index (χ0v) is 16.2. The van der Waals surface area contributed by atoms with E-state index in [4.69, 9.17) is 4.74 Å². The van der Waals surface area contributed by atoms with Crippen molar-refractivity contribution < 1.29 is 9.53 Å². The van der Waals surface area contributed by atoms with Gasteiger partial charge in [-0.05, 0) is 23.6 Å². The summed E-state index contributed by atoms with van der Waals surface area (Å²) in [6.45, 7) is 5.57. The Labute approximate surface area is 155 Å². The van der Waals surface area contributed by atoms with Crippen LogP contribution in [0.4, 0.5) is 0 Å². The second-order valence-corrected chi connectivity index (χ2v) is 6.03. The van der Waals surface area contributed by atoms with Crippen LogP contribution in [0.2, 0.25) is 0 Å². The molecule has 1 heterocycles. The summed E-state index contributed by atoms with van der Waals surface area (Å²) >= 11 is 0. The summed E-state index contributed by atoms with van der Waals surface area (Å²) in [6.07, 6.45) is 0. The number of hydrogen-bond donors (Lipinski definition) is 2. The molecule has 1 aromatic carbocycles. The molecule has 1 amide bonds. The third-order valence-corrected chi connectivity index (χ3v) is 3.91. The Bertz CT molecular complexity index is 713. The number of rotatable bonds is 7.